The van der Waals surface area contributed by atoms with Crippen molar-refractivity contribution in [3.05, 3.63) is 23.8 Å². The van der Waals surface area contributed by atoms with Crippen LogP contribution < -0.4 is 15.2 Å². The Morgan fingerprint density at radius 3 is 2.70 bits per heavy atom. The van der Waals surface area contributed by atoms with Crippen LogP contribution in [0.5, 0.6) is 11.5 Å². The lowest BCUT2D eigenvalue weighted by molar-refractivity contribution is -0.0567. The van der Waals surface area contributed by atoms with Crippen LogP contribution in [0.3, 0.4) is 0 Å². The van der Waals surface area contributed by atoms with Crippen LogP contribution in [-0.4, -0.2) is 51.0 Å². The highest BCUT2D eigenvalue weighted by molar-refractivity contribution is 5.42. The SMILES string of the molecule is COc1ccc(CN2CC(CN)OCC2C)cc1OC. The molecule has 1 heterocycles. The topological polar surface area (TPSA) is 57.0 Å². The van der Waals surface area contributed by atoms with Gasteiger partial charge in [-0.3, -0.25) is 4.90 Å². The number of morpholine rings is 1. The molecule has 20 heavy (non-hydrogen) atoms. The zero-order valence-corrected chi connectivity index (χ0v) is 12.5. The van der Waals surface area contributed by atoms with Crippen molar-refractivity contribution in [3.8, 4) is 11.5 Å². The lowest BCUT2D eigenvalue weighted by atomic mass is 10.1. The monoisotopic (exact) mass is 280 g/mol. The maximum atomic E-state index is 5.70. The van der Waals surface area contributed by atoms with Gasteiger partial charge in [0.15, 0.2) is 11.5 Å². The van der Waals surface area contributed by atoms with E-state index in [0.29, 0.717) is 12.6 Å². The second kappa shape index (κ2) is 6.92. The fraction of sp³-hybridized carbons (Fsp3) is 0.600. The quantitative estimate of drug-likeness (QED) is 0.880. The Bertz CT molecular complexity index is 439. The molecule has 112 valence electrons. The van der Waals surface area contributed by atoms with Gasteiger partial charge in [-0.1, -0.05) is 6.07 Å². The summed E-state index contributed by atoms with van der Waals surface area (Å²) in [6.07, 6.45) is 0.131. The molecule has 0 spiro atoms. The van der Waals surface area contributed by atoms with Gasteiger partial charge in [-0.25, -0.2) is 0 Å². The average Bonchev–Trinajstić information content (AvgIpc) is 2.49. The van der Waals surface area contributed by atoms with Crippen molar-refractivity contribution in [1.29, 1.82) is 0 Å². The van der Waals surface area contributed by atoms with Crippen LogP contribution in [0.2, 0.25) is 0 Å². The van der Waals surface area contributed by atoms with Crippen LogP contribution in [0.4, 0.5) is 0 Å². The molecule has 2 unspecified atom stereocenters. The molecule has 0 amide bonds. The molecule has 5 nitrogen and oxygen atoms in total. The summed E-state index contributed by atoms with van der Waals surface area (Å²) in [7, 11) is 3.30. The molecule has 1 aliphatic rings. The van der Waals surface area contributed by atoms with Gasteiger partial charge >= 0.3 is 0 Å². The normalized spacial score (nSPS) is 23.6. The van der Waals surface area contributed by atoms with Gasteiger partial charge in [-0.2, -0.15) is 0 Å². The largest absolute Gasteiger partial charge is 0.493 e. The third-order valence-electron chi connectivity index (χ3n) is 3.73. The molecule has 5 heteroatoms. The Labute approximate surface area is 120 Å². The minimum absolute atomic E-state index is 0.131. The zero-order chi connectivity index (χ0) is 14.5. The molecule has 1 aromatic rings. The summed E-state index contributed by atoms with van der Waals surface area (Å²) in [6, 6.07) is 6.44. The van der Waals surface area contributed by atoms with Gasteiger partial charge < -0.3 is 19.9 Å². The van der Waals surface area contributed by atoms with Crippen molar-refractivity contribution in [1.82, 2.24) is 4.90 Å². The Kier molecular flexibility index (Phi) is 5.23. The van der Waals surface area contributed by atoms with Crippen LogP contribution >= 0.6 is 0 Å². The fourth-order valence-electron chi connectivity index (χ4n) is 2.45. The maximum absolute atomic E-state index is 5.70. The Balaban J connectivity index is 2.08. The predicted octanol–water partition coefficient (Wildman–Crippen LogP) is 1.25. The van der Waals surface area contributed by atoms with Crippen LogP contribution in [-0.2, 0) is 11.3 Å². The molecule has 0 saturated carbocycles. The molecule has 2 atom stereocenters. The first-order valence-electron chi connectivity index (χ1n) is 6.94. The van der Waals surface area contributed by atoms with Crippen molar-refractivity contribution < 1.29 is 14.2 Å². The fourth-order valence-corrected chi connectivity index (χ4v) is 2.45. The van der Waals surface area contributed by atoms with Gasteiger partial charge in [0, 0.05) is 25.7 Å². The van der Waals surface area contributed by atoms with Gasteiger partial charge in [-0.15, -0.1) is 0 Å². The molecule has 2 rings (SSSR count). The summed E-state index contributed by atoms with van der Waals surface area (Å²) in [5.41, 5.74) is 6.90. The molecular formula is C15H24N2O3. The van der Waals surface area contributed by atoms with E-state index >= 15 is 0 Å². The average molecular weight is 280 g/mol. The first kappa shape index (κ1) is 15.1. The van der Waals surface area contributed by atoms with Crippen molar-refractivity contribution in [3.63, 3.8) is 0 Å². The predicted molar refractivity (Wildman–Crippen MR) is 78.2 cm³/mol. The number of benzene rings is 1. The first-order valence-corrected chi connectivity index (χ1v) is 6.94. The lowest BCUT2D eigenvalue weighted by Gasteiger charge is -2.37. The number of rotatable bonds is 5. The summed E-state index contributed by atoms with van der Waals surface area (Å²) in [6.45, 7) is 5.20. The van der Waals surface area contributed by atoms with Crippen LogP contribution in [0, 0.1) is 0 Å². The number of nitrogens with two attached hydrogens (primary N) is 1. The third-order valence-corrected chi connectivity index (χ3v) is 3.73. The second-order valence-electron chi connectivity index (χ2n) is 5.16. The second-order valence-corrected chi connectivity index (χ2v) is 5.16. The van der Waals surface area contributed by atoms with Crippen molar-refractivity contribution in [2.75, 3.05) is 33.9 Å². The van der Waals surface area contributed by atoms with E-state index in [2.05, 4.69) is 17.9 Å². The number of nitrogens with zero attached hydrogens (tertiary/aromatic N) is 1. The highest BCUT2D eigenvalue weighted by Gasteiger charge is 2.25. The smallest absolute Gasteiger partial charge is 0.161 e. The molecule has 1 saturated heterocycles. The van der Waals surface area contributed by atoms with E-state index < -0.39 is 0 Å². The lowest BCUT2D eigenvalue weighted by Crippen LogP contribution is -2.49. The van der Waals surface area contributed by atoms with E-state index in [1.807, 2.05) is 12.1 Å². The number of hydrogen-bond acceptors (Lipinski definition) is 5. The van der Waals surface area contributed by atoms with Crippen LogP contribution in [0.25, 0.3) is 0 Å². The standard InChI is InChI=1S/C15H24N2O3/c1-11-10-20-13(7-16)9-17(11)8-12-4-5-14(18-2)15(6-12)19-3/h4-6,11,13H,7-10,16H2,1-3H3. The third kappa shape index (κ3) is 3.42. The summed E-state index contributed by atoms with van der Waals surface area (Å²) in [5.74, 6) is 1.52. The molecule has 2 N–H and O–H groups in total. The maximum Gasteiger partial charge on any atom is 0.161 e. The van der Waals surface area contributed by atoms with Gasteiger partial charge in [-0.05, 0) is 24.6 Å². The van der Waals surface area contributed by atoms with Gasteiger partial charge in [0.2, 0.25) is 0 Å². The minimum atomic E-state index is 0.131. The summed E-state index contributed by atoms with van der Waals surface area (Å²) in [5, 5.41) is 0. The molecular weight excluding hydrogens is 256 g/mol. The van der Waals surface area contributed by atoms with Gasteiger partial charge in [0.1, 0.15) is 0 Å². The highest BCUT2D eigenvalue weighted by Crippen LogP contribution is 2.28. The molecule has 0 aromatic heterocycles. The van der Waals surface area contributed by atoms with E-state index in [0.717, 1.165) is 31.2 Å². The molecule has 0 radical (unpaired) electrons. The summed E-state index contributed by atoms with van der Waals surface area (Å²) in [4.78, 5) is 2.39. The summed E-state index contributed by atoms with van der Waals surface area (Å²) < 4.78 is 16.3. The van der Waals surface area contributed by atoms with E-state index in [9.17, 15) is 0 Å². The van der Waals surface area contributed by atoms with Gasteiger partial charge in [0.25, 0.3) is 0 Å². The van der Waals surface area contributed by atoms with E-state index in [4.69, 9.17) is 19.9 Å². The Hall–Kier alpha value is -1.30. The molecule has 0 aliphatic carbocycles. The minimum Gasteiger partial charge on any atom is -0.493 e. The Morgan fingerprint density at radius 2 is 2.05 bits per heavy atom. The molecule has 1 aliphatic heterocycles. The Morgan fingerprint density at radius 1 is 1.30 bits per heavy atom. The van der Waals surface area contributed by atoms with Crippen molar-refractivity contribution >= 4 is 0 Å². The number of ether oxygens (including phenoxy) is 3. The van der Waals surface area contributed by atoms with E-state index in [1.165, 1.54) is 5.56 Å². The number of methoxy groups -OCH3 is 2. The van der Waals surface area contributed by atoms with E-state index in [-0.39, 0.29) is 6.10 Å². The van der Waals surface area contributed by atoms with Crippen LogP contribution in [0.1, 0.15) is 12.5 Å². The summed E-state index contributed by atoms with van der Waals surface area (Å²) >= 11 is 0. The number of hydrogen-bond donors (Lipinski definition) is 1. The first-order chi connectivity index (χ1) is 9.67. The highest BCUT2D eigenvalue weighted by atomic mass is 16.5. The molecule has 0 bridgehead atoms. The van der Waals surface area contributed by atoms with Crippen LogP contribution in [0.15, 0.2) is 18.2 Å². The van der Waals surface area contributed by atoms with Gasteiger partial charge in [0.05, 0.1) is 26.9 Å². The molecule has 1 aromatic carbocycles. The molecule has 1 fully saturated rings. The van der Waals surface area contributed by atoms with Crippen molar-refractivity contribution in [2.24, 2.45) is 5.73 Å². The van der Waals surface area contributed by atoms with E-state index in [1.54, 1.807) is 14.2 Å². The zero-order valence-electron chi connectivity index (χ0n) is 12.5. The van der Waals surface area contributed by atoms with Crippen molar-refractivity contribution in [2.45, 2.75) is 25.6 Å².